The number of hydrogen-bond donors (Lipinski definition) is 6. The number of carbonyl (C=O) groups is 2. The Morgan fingerprint density at radius 2 is 0.929 bits per heavy atom. The smallest absolute Gasteiger partial charge is 0.305 e. The van der Waals surface area contributed by atoms with E-state index in [0.717, 1.165) is 57.8 Å². The third-order valence-electron chi connectivity index (χ3n) is 14.1. The molecule has 0 spiro atoms. The summed E-state index contributed by atoms with van der Waals surface area (Å²) in [5, 5.41) is 54.2. The Kier molecular flexibility index (Phi) is 46.6. The highest BCUT2D eigenvalue weighted by molar-refractivity contribution is 5.76. The van der Waals surface area contributed by atoms with E-state index in [4.69, 9.17) is 14.2 Å². The van der Waals surface area contributed by atoms with Gasteiger partial charge in [0.15, 0.2) is 6.29 Å². The van der Waals surface area contributed by atoms with Gasteiger partial charge in [0, 0.05) is 12.8 Å². The molecule has 1 amide bonds. The van der Waals surface area contributed by atoms with Gasteiger partial charge >= 0.3 is 5.97 Å². The van der Waals surface area contributed by atoms with Crippen LogP contribution in [0.3, 0.4) is 0 Å². The molecule has 6 N–H and O–H groups in total. The van der Waals surface area contributed by atoms with Gasteiger partial charge in [-0.25, -0.2) is 0 Å². The lowest BCUT2D eigenvalue weighted by molar-refractivity contribution is -0.302. The predicted octanol–water partition coefficient (Wildman–Crippen LogP) is 13.3. The molecule has 0 aliphatic carbocycles. The number of rotatable bonds is 51. The quantitative estimate of drug-likeness (QED) is 0.0195. The summed E-state index contributed by atoms with van der Waals surface area (Å²) in [6.45, 7) is 4.29. The monoisotopic (exact) mass is 994 g/mol. The number of ether oxygens (including phenoxy) is 3. The number of esters is 1. The van der Waals surface area contributed by atoms with Crippen LogP contribution in [0.15, 0.2) is 24.3 Å². The first-order valence-corrected chi connectivity index (χ1v) is 29.6. The summed E-state index contributed by atoms with van der Waals surface area (Å²) in [4.78, 5) is 25.0. The van der Waals surface area contributed by atoms with Crippen LogP contribution in [0, 0.1) is 0 Å². The normalized spacial score (nSPS) is 19.3. The van der Waals surface area contributed by atoms with Crippen LogP contribution in [0.1, 0.15) is 277 Å². The molecule has 1 aliphatic rings. The standard InChI is InChI=1S/C59H111NO10/c1-3-5-7-9-11-13-26-31-35-39-43-47-55(64)68-48-44-40-36-32-28-25-23-21-19-17-15-16-18-20-22-24-27-30-34-38-42-46-54(63)60-51(50-69-59-58(67)57(66)56(65)53(49-61)70-59)52(62)45-41-37-33-29-14-12-10-8-6-4-2/h14,29,41,45,51-53,56-59,61-62,65-67H,3-13,15-28,30-40,42-44,46-50H2,1-2H3,(H,60,63)/b29-14+,45-41+. The topological polar surface area (TPSA) is 175 Å². The summed E-state index contributed by atoms with van der Waals surface area (Å²) in [5.74, 6) is -0.196. The number of amides is 1. The minimum Gasteiger partial charge on any atom is -0.466 e. The Hall–Kier alpha value is -1.86. The minimum absolute atomic E-state index is 0.00201. The van der Waals surface area contributed by atoms with Crippen molar-refractivity contribution in [3.8, 4) is 0 Å². The van der Waals surface area contributed by atoms with Crippen molar-refractivity contribution in [2.45, 2.75) is 320 Å². The average molecular weight is 995 g/mol. The fourth-order valence-electron chi connectivity index (χ4n) is 9.33. The van der Waals surface area contributed by atoms with Gasteiger partial charge in [-0.15, -0.1) is 0 Å². The van der Waals surface area contributed by atoms with Gasteiger partial charge in [-0.05, 0) is 44.9 Å². The third kappa shape index (κ3) is 38.7. The van der Waals surface area contributed by atoms with Gasteiger partial charge in [0.25, 0.3) is 0 Å². The van der Waals surface area contributed by atoms with Crippen molar-refractivity contribution in [2.24, 2.45) is 0 Å². The fourth-order valence-corrected chi connectivity index (χ4v) is 9.33. The lowest BCUT2D eigenvalue weighted by Crippen LogP contribution is -2.60. The molecule has 7 atom stereocenters. The molecule has 1 saturated heterocycles. The molecule has 0 aromatic carbocycles. The maximum atomic E-state index is 13.0. The van der Waals surface area contributed by atoms with E-state index >= 15 is 0 Å². The van der Waals surface area contributed by atoms with Crippen LogP contribution < -0.4 is 5.32 Å². The summed E-state index contributed by atoms with van der Waals surface area (Å²) < 4.78 is 16.7. The van der Waals surface area contributed by atoms with Crippen molar-refractivity contribution in [1.82, 2.24) is 5.32 Å². The second kappa shape index (κ2) is 49.4. The van der Waals surface area contributed by atoms with Gasteiger partial charge in [-0.2, -0.15) is 0 Å². The van der Waals surface area contributed by atoms with Crippen LogP contribution in [-0.2, 0) is 23.8 Å². The molecule has 1 heterocycles. The van der Waals surface area contributed by atoms with Crippen molar-refractivity contribution < 1.29 is 49.3 Å². The van der Waals surface area contributed by atoms with Crippen molar-refractivity contribution in [3.05, 3.63) is 24.3 Å². The summed E-state index contributed by atoms with van der Waals surface area (Å²) in [7, 11) is 0. The zero-order chi connectivity index (χ0) is 51.0. The first-order chi connectivity index (χ1) is 34.2. The van der Waals surface area contributed by atoms with E-state index in [2.05, 4.69) is 31.3 Å². The third-order valence-corrected chi connectivity index (χ3v) is 14.1. The molecule has 11 nitrogen and oxygen atoms in total. The molecule has 1 aliphatic heterocycles. The second-order valence-corrected chi connectivity index (χ2v) is 20.7. The molecule has 70 heavy (non-hydrogen) atoms. The molecule has 11 heteroatoms. The van der Waals surface area contributed by atoms with Crippen LogP contribution in [0.2, 0.25) is 0 Å². The summed E-state index contributed by atoms with van der Waals surface area (Å²) in [6.07, 6.45) is 48.5. The van der Waals surface area contributed by atoms with E-state index in [1.807, 2.05) is 6.08 Å². The molecular weight excluding hydrogens is 883 g/mol. The predicted molar refractivity (Wildman–Crippen MR) is 288 cm³/mol. The average Bonchev–Trinajstić information content (AvgIpc) is 3.36. The maximum absolute atomic E-state index is 13.0. The molecule has 1 rings (SSSR count). The SMILES string of the molecule is CCCCCC/C=C/CC/C=C/C(O)C(COC1OC(CO)C(O)C(O)C1O)NC(=O)CCCCCCCCCCCCCCCCCCCCCCCOC(=O)CCCCCCCCCCCCC. The minimum atomic E-state index is -1.58. The number of allylic oxidation sites excluding steroid dienone is 3. The molecule has 0 aromatic heterocycles. The lowest BCUT2D eigenvalue weighted by Gasteiger charge is -2.40. The van der Waals surface area contributed by atoms with E-state index < -0.39 is 49.5 Å². The number of aliphatic hydroxyl groups is 5. The van der Waals surface area contributed by atoms with Gasteiger partial charge in [-0.1, -0.05) is 244 Å². The second-order valence-electron chi connectivity index (χ2n) is 20.7. The van der Waals surface area contributed by atoms with Gasteiger partial charge in [0.05, 0.1) is 32.0 Å². The van der Waals surface area contributed by atoms with Gasteiger partial charge in [-0.3, -0.25) is 9.59 Å². The summed E-state index contributed by atoms with van der Waals surface area (Å²) in [6, 6.07) is -0.826. The summed E-state index contributed by atoms with van der Waals surface area (Å²) >= 11 is 0. The highest BCUT2D eigenvalue weighted by atomic mass is 16.7. The Balaban J connectivity index is 2.03. The number of aliphatic hydroxyl groups excluding tert-OH is 5. The fraction of sp³-hybridized carbons (Fsp3) is 0.898. The van der Waals surface area contributed by atoms with Crippen LogP contribution in [0.5, 0.6) is 0 Å². The number of hydrogen-bond acceptors (Lipinski definition) is 10. The van der Waals surface area contributed by atoms with Crippen molar-refractivity contribution in [3.63, 3.8) is 0 Å². The summed E-state index contributed by atoms with van der Waals surface area (Å²) in [5.41, 5.74) is 0. The zero-order valence-electron chi connectivity index (χ0n) is 45.2. The molecule has 1 fully saturated rings. The molecule has 0 bridgehead atoms. The number of carbonyl (C=O) groups excluding carboxylic acids is 2. The van der Waals surface area contributed by atoms with Gasteiger partial charge in [0.1, 0.15) is 24.4 Å². The molecule has 0 radical (unpaired) electrons. The van der Waals surface area contributed by atoms with E-state index in [-0.39, 0.29) is 18.5 Å². The van der Waals surface area contributed by atoms with Crippen molar-refractivity contribution in [2.75, 3.05) is 19.8 Å². The highest BCUT2D eigenvalue weighted by Crippen LogP contribution is 2.23. The molecule has 412 valence electrons. The first-order valence-electron chi connectivity index (χ1n) is 29.6. The van der Waals surface area contributed by atoms with E-state index in [1.54, 1.807) is 6.08 Å². The van der Waals surface area contributed by atoms with E-state index in [0.29, 0.717) is 19.4 Å². The molecule has 0 saturated carbocycles. The first kappa shape index (κ1) is 66.2. The number of unbranched alkanes of at least 4 members (excludes halogenated alkanes) is 35. The van der Waals surface area contributed by atoms with Gasteiger partial charge < -0.3 is 45.1 Å². The van der Waals surface area contributed by atoms with E-state index in [9.17, 15) is 35.1 Å². The Labute approximate surface area is 429 Å². The highest BCUT2D eigenvalue weighted by Gasteiger charge is 2.44. The molecule has 0 aromatic rings. The molecule has 7 unspecified atom stereocenters. The Morgan fingerprint density at radius 3 is 1.41 bits per heavy atom. The van der Waals surface area contributed by atoms with Crippen LogP contribution in [-0.4, -0.2) is 100 Å². The molecular formula is C59H111NO10. The van der Waals surface area contributed by atoms with Crippen molar-refractivity contribution >= 4 is 11.9 Å². The maximum Gasteiger partial charge on any atom is 0.305 e. The van der Waals surface area contributed by atoms with E-state index in [1.165, 1.54) is 193 Å². The van der Waals surface area contributed by atoms with Crippen molar-refractivity contribution in [1.29, 1.82) is 0 Å². The Bertz CT molecular complexity index is 1220. The number of nitrogens with one attached hydrogen (secondary N) is 1. The lowest BCUT2D eigenvalue weighted by atomic mass is 9.99. The Morgan fingerprint density at radius 1 is 0.514 bits per heavy atom. The zero-order valence-corrected chi connectivity index (χ0v) is 45.2. The van der Waals surface area contributed by atoms with Crippen LogP contribution in [0.4, 0.5) is 0 Å². The van der Waals surface area contributed by atoms with Crippen LogP contribution >= 0.6 is 0 Å². The van der Waals surface area contributed by atoms with Crippen LogP contribution in [0.25, 0.3) is 0 Å². The largest absolute Gasteiger partial charge is 0.466 e. The van der Waals surface area contributed by atoms with Gasteiger partial charge in [0.2, 0.25) is 5.91 Å².